The molecule has 0 fully saturated rings. The van der Waals surface area contributed by atoms with Gasteiger partial charge in [-0.3, -0.25) is 0 Å². The largest absolute Gasteiger partial charge is 0.332 e. The molecule has 28 heavy (non-hydrogen) atoms. The molecular weight excluding hydrogens is 344 g/mol. The Morgan fingerprint density at radius 2 is 1.54 bits per heavy atom. The van der Waals surface area contributed by atoms with Crippen molar-refractivity contribution in [2.24, 2.45) is 5.41 Å². The second-order valence-electron chi connectivity index (χ2n) is 9.41. The second-order valence-corrected chi connectivity index (χ2v) is 9.41. The van der Waals surface area contributed by atoms with Gasteiger partial charge in [0.1, 0.15) is 5.65 Å². The minimum absolute atomic E-state index is 0.185. The highest BCUT2D eigenvalue weighted by atomic mass is 15.3. The molecule has 0 saturated heterocycles. The van der Waals surface area contributed by atoms with E-state index in [4.69, 9.17) is 10.1 Å². The maximum absolute atomic E-state index is 5.00. The van der Waals surface area contributed by atoms with Gasteiger partial charge in [0.05, 0.1) is 17.0 Å². The minimum atomic E-state index is 0.185. The molecule has 4 nitrogen and oxygen atoms in total. The zero-order valence-electron chi connectivity index (χ0n) is 18.3. The quantitative estimate of drug-likeness (QED) is 0.435. The molecule has 3 heterocycles. The highest BCUT2D eigenvalue weighted by Gasteiger charge is 2.22. The van der Waals surface area contributed by atoms with Gasteiger partial charge in [0.25, 0.3) is 0 Å². The number of aryl methyl sites for hydroxylation is 5. The van der Waals surface area contributed by atoms with Gasteiger partial charge in [-0.1, -0.05) is 38.5 Å². The van der Waals surface area contributed by atoms with E-state index in [-0.39, 0.29) is 5.41 Å². The molecule has 0 bridgehead atoms. The van der Waals surface area contributed by atoms with Crippen molar-refractivity contribution < 1.29 is 0 Å². The van der Waals surface area contributed by atoms with E-state index < -0.39 is 0 Å². The summed E-state index contributed by atoms with van der Waals surface area (Å²) in [4.78, 5) is 5.00. The number of aromatic nitrogens is 4. The van der Waals surface area contributed by atoms with Crippen molar-refractivity contribution in [1.82, 2.24) is 19.2 Å². The second kappa shape index (κ2) is 6.20. The van der Waals surface area contributed by atoms with Crippen LogP contribution in [0.5, 0.6) is 0 Å². The van der Waals surface area contributed by atoms with Crippen LogP contribution in [0, 0.1) is 40.0 Å². The van der Waals surface area contributed by atoms with Gasteiger partial charge in [0, 0.05) is 18.1 Å². The Morgan fingerprint density at radius 1 is 0.893 bits per heavy atom. The summed E-state index contributed by atoms with van der Waals surface area (Å²) in [6.45, 7) is 18.5. The van der Waals surface area contributed by atoms with Crippen LogP contribution in [0.4, 0.5) is 0 Å². The molecule has 0 aliphatic rings. The average molecular weight is 375 g/mol. The summed E-state index contributed by atoms with van der Waals surface area (Å²) < 4.78 is 4.37. The summed E-state index contributed by atoms with van der Waals surface area (Å²) in [5.41, 5.74) is 10.6. The fraction of sp³-hybridized carbons (Fsp3) is 0.417. The van der Waals surface area contributed by atoms with E-state index in [2.05, 4.69) is 88.9 Å². The SMILES string of the molecule is Cc1cc(C)c(-c2c(C)nn3c2nc(C)c2ccn(CC(C)(C)C)c23)c(C)c1. The van der Waals surface area contributed by atoms with Gasteiger partial charge in [-0.25, -0.2) is 4.98 Å². The molecule has 0 atom stereocenters. The summed E-state index contributed by atoms with van der Waals surface area (Å²) in [5.74, 6) is 0. The zero-order chi connectivity index (χ0) is 20.4. The fourth-order valence-corrected chi connectivity index (χ4v) is 4.47. The monoisotopic (exact) mass is 374 g/mol. The van der Waals surface area contributed by atoms with Gasteiger partial charge in [-0.05, 0) is 62.8 Å². The lowest BCUT2D eigenvalue weighted by atomic mass is 9.94. The van der Waals surface area contributed by atoms with Crippen LogP contribution in [0.2, 0.25) is 0 Å². The van der Waals surface area contributed by atoms with Gasteiger partial charge in [0.2, 0.25) is 0 Å². The van der Waals surface area contributed by atoms with Crippen LogP contribution in [0.3, 0.4) is 0 Å². The van der Waals surface area contributed by atoms with Crippen LogP contribution in [-0.4, -0.2) is 19.2 Å². The zero-order valence-corrected chi connectivity index (χ0v) is 18.3. The Morgan fingerprint density at radius 3 is 2.14 bits per heavy atom. The molecule has 0 aliphatic heterocycles. The van der Waals surface area contributed by atoms with E-state index >= 15 is 0 Å². The van der Waals surface area contributed by atoms with Gasteiger partial charge < -0.3 is 4.57 Å². The number of hydrogen-bond acceptors (Lipinski definition) is 2. The van der Waals surface area contributed by atoms with Crippen molar-refractivity contribution in [3.63, 3.8) is 0 Å². The van der Waals surface area contributed by atoms with Crippen molar-refractivity contribution in [1.29, 1.82) is 0 Å². The standard InChI is InChI=1S/C24H30N4/c1-14-11-15(2)20(16(3)12-14)21-18(5)26-28-22(21)25-17(4)19-9-10-27(23(19)28)13-24(6,7)8/h9-12H,13H2,1-8H3. The lowest BCUT2D eigenvalue weighted by Crippen LogP contribution is -2.16. The van der Waals surface area contributed by atoms with Crippen LogP contribution in [-0.2, 0) is 6.54 Å². The fourth-order valence-electron chi connectivity index (χ4n) is 4.47. The van der Waals surface area contributed by atoms with E-state index in [9.17, 15) is 0 Å². The van der Waals surface area contributed by atoms with Crippen molar-refractivity contribution in [2.75, 3.05) is 0 Å². The van der Waals surface area contributed by atoms with Crippen LogP contribution >= 0.6 is 0 Å². The lowest BCUT2D eigenvalue weighted by molar-refractivity contribution is 0.348. The van der Waals surface area contributed by atoms with Crippen molar-refractivity contribution >= 4 is 16.7 Å². The van der Waals surface area contributed by atoms with Gasteiger partial charge in [0.15, 0.2) is 5.65 Å². The summed E-state index contributed by atoms with van der Waals surface area (Å²) in [6, 6.07) is 6.67. The molecule has 0 amide bonds. The number of fused-ring (bicyclic) bond motifs is 3. The number of hydrogen-bond donors (Lipinski definition) is 0. The molecular formula is C24H30N4. The molecule has 3 aromatic heterocycles. The van der Waals surface area contributed by atoms with Crippen LogP contribution in [0.25, 0.3) is 27.8 Å². The summed E-state index contributed by atoms with van der Waals surface area (Å²) >= 11 is 0. The van der Waals surface area contributed by atoms with Gasteiger partial charge >= 0.3 is 0 Å². The molecule has 0 aliphatic carbocycles. The number of benzene rings is 1. The minimum Gasteiger partial charge on any atom is -0.332 e. The van der Waals surface area contributed by atoms with Crippen molar-refractivity contribution in [2.45, 2.75) is 61.9 Å². The Labute approximate surface area is 167 Å². The topological polar surface area (TPSA) is 35.1 Å². The maximum atomic E-state index is 5.00. The van der Waals surface area contributed by atoms with E-state index in [0.717, 1.165) is 34.8 Å². The molecule has 1 aromatic carbocycles. The predicted molar refractivity (Wildman–Crippen MR) is 117 cm³/mol. The molecule has 0 radical (unpaired) electrons. The third kappa shape index (κ3) is 2.92. The Kier molecular flexibility index (Phi) is 4.14. The molecule has 4 heteroatoms. The van der Waals surface area contributed by atoms with Gasteiger partial charge in [-0.2, -0.15) is 9.61 Å². The van der Waals surface area contributed by atoms with Crippen molar-refractivity contribution in [3.8, 4) is 11.1 Å². The molecule has 0 saturated carbocycles. The Balaban J connectivity index is 2.09. The lowest BCUT2D eigenvalue weighted by Gasteiger charge is -2.20. The average Bonchev–Trinajstić information content (AvgIpc) is 3.08. The smallest absolute Gasteiger partial charge is 0.165 e. The third-order valence-electron chi connectivity index (χ3n) is 5.41. The molecule has 4 rings (SSSR count). The third-order valence-corrected chi connectivity index (χ3v) is 5.41. The van der Waals surface area contributed by atoms with E-state index in [1.54, 1.807) is 0 Å². The van der Waals surface area contributed by atoms with Crippen LogP contribution in [0.15, 0.2) is 24.4 Å². The Bertz CT molecular complexity index is 1190. The van der Waals surface area contributed by atoms with Gasteiger partial charge in [-0.15, -0.1) is 0 Å². The first kappa shape index (κ1) is 18.7. The van der Waals surface area contributed by atoms with Crippen molar-refractivity contribution in [3.05, 3.63) is 52.5 Å². The predicted octanol–water partition coefficient (Wildman–Crippen LogP) is 5.94. The molecule has 4 aromatic rings. The molecule has 0 N–H and O–H groups in total. The van der Waals surface area contributed by atoms with Crippen LogP contribution < -0.4 is 0 Å². The van der Waals surface area contributed by atoms with E-state index in [1.807, 2.05) is 0 Å². The molecule has 146 valence electrons. The highest BCUT2D eigenvalue weighted by molar-refractivity contribution is 5.89. The molecule has 0 spiro atoms. The first-order chi connectivity index (χ1) is 13.1. The Hall–Kier alpha value is -2.62. The first-order valence-electron chi connectivity index (χ1n) is 10.00. The number of nitrogens with zero attached hydrogens (tertiary/aromatic N) is 4. The van der Waals surface area contributed by atoms with E-state index in [1.165, 1.54) is 27.6 Å². The van der Waals surface area contributed by atoms with Crippen LogP contribution in [0.1, 0.15) is 48.8 Å². The summed E-state index contributed by atoms with van der Waals surface area (Å²) in [5, 5.41) is 6.13. The summed E-state index contributed by atoms with van der Waals surface area (Å²) in [6.07, 6.45) is 2.17. The highest BCUT2D eigenvalue weighted by Crippen LogP contribution is 2.35. The first-order valence-corrected chi connectivity index (χ1v) is 10.00. The number of rotatable bonds is 2. The normalized spacial score (nSPS) is 12.4. The summed E-state index contributed by atoms with van der Waals surface area (Å²) in [7, 11) is 0. The molecule has 0 unspecified atom stereocenters. The maximum Gasteiger partial charge on any atom is 0.165 e. The van der Waals surface area contributed by atoms with E-state index in [0.29, 0.717) is 0 Å².